The first-order valence-electron chi connectivity index (χ1n) is 6.16. The third-order valence-electron chi connectivity index (χ3n) is 3.64. The first-order valence-corrected chi connectivity index (χ1v) is 6.16. The van der Waals surface area contributed by atoms with Crippen LogP contribution in [0.2, 0.25) is 0 Å². The van der Waals surface area contributed by atoms with Crippen LogP contribution in [0.1, 0.15) is 25.7 Å². The SMILES string of the molecule is CN(c1cc(F)cc(F)c1N)C1CCCCC1O. The van der Waals surface area contributed by atoms with Crippen LogP contribution in [-0.2, 0) is 0 Å². The first kappa shape index (κ1) is 13.1. The van der Waals surface area contributed by atoms with Crippen LogP contribution in [0.15, 0.2) is 12.1 Å². The van der Waals surface area contributed by atoms with Gasteiger partial charge in [0.05, 0.1) is 23.5 Å². The Morgan fingerprint density at radius 3 is 2.61 bits per heavy atom. The van der Waals surface area contributed by atoms with E-state index in [9.17, 15) is 13.9 Å². The average Bonchev–Trinajstić information content (AvgIpc) is 2.33. The predicted octanol–water partition coefficient (Wildman–Crippen LogP) is 2.29. The zero-order valence-corrected chi connectivity index (χ0v) is 10.4. The van der Waals surface area contributed by atoms with Gasteiger partial charge < -0.3 is 15.7 Å². The molecule has 2 rings (SSSR count). The highest BCUT2D eigenvalue weighted by Gasteiger charge is 2.28. The molecule has 0 spiro atoms. The van der Waals surface area contributed by atoms with Crippen LogP contribution >= 0.6 is 0 Å². The summed E-state index contributed by atoms with van der Waals surface area (Å²) in [5, 5.41) is 9.96. The summed E-state index contributed by atoms with van der Waals surface area (Å²) in [4.78, 5) is 1.69. The summed E-state index contributed by atoms with van der Waals surface area (Å²) >= 11 is 0. The molecule has 0 bridgehead atoms. The molecule has 5 heteroatoms. The van der Waals surface area contributed by atoms with Crippen LogP contribution in [0.5, 0.6) is 0 Å². The van der Waals surface area contributed by atoms with Crippen LogP contribution in [-0.4, -0.2) is 24.3 Å². The number of benzene rings is 1. The minimum absolute atomic E-state index is 0.0725. The maximum atomic E-state index is 13.4. The third kappa shape index (κ3) is 2.41. The molecule has 1 aliphatic rings. The number of nitrogens with two attached hydrogens (primary N) is 1. The van der Waals surface area contributed by atoms with Gasteiger partial charge in [-0.05, 0) is 18.9 Å². The molecule has 100 valence electrons. The van der Waals surface area contributed by atoms with Gasteiger partial charge in [-0.15, -0.1) is 0 Å². The molecule has 18 heavy (non-hydrogen) atoms. The number of nitrogen functional groups attached to an aromatic ring is 1. The van der Waals surface area contributed by atoms with E-state index < -0.39 is 17.7 Å². The molecular weight excluding hydrogens is 238 g/mol. The van der Waals surface area contributed by atoms with Crippen molar-refractivity contribution < 1.29 is 13.9 Å². The maximum absolute atomic E-state index is 13.4. The molecule has 1 aliphatic carbocycles. The Morgan fingerprint density at radius 1 is 1.28 bits per heavy atom. The summed E-state index contributed by atoms with van der Waals surface area (Å²) in [5.74, 6) is -1.42. The van der Waals surface area contributed by atoms with E-state index in [2.05, 4.69) is 0 Å². The van der Waals surface area contributed by atoms with E-state index in [1.165, 1.54) is 6.07 Å². The topological polar surface area (TPSA) is 49.5 Å². The molecule has 0 amide bonds. The molecule has 0 heterocycles. The van der Waals surface area contributed by atoms with Gasteiger partial charge in [-0.25, -0.2) is 8.78 Å². The quantitative estimate of drug-likeness (QED) is 0.798. The largest absolute Gasteiger partial charge is 0.395 e. The number of aliphatic hydroxyl groups excluding tert-OH is 1. The Morgan fingerprint density at radius 2 is 1.94 bits per heavy atom. The smallest absolute Gasteiger partial charge is 0.151 e. The molecule has 2 unspecified atom stereocenters. The molecule has 0 aliphatic heterocycles. The molecule has 0 saturated heterocycles. The molecule has 1 saturated carbocycles. The van der Waals surface area contributed by atoms with Gasteiger partial charge in [-0.3, -0.25) is 0 Å². The van der Waals surface area contributed by atoms with Gasteiger partial charge in [0.15, 0.2) is 5.82 Å². The van der Waals surface area contributed by atoms with Gasteiger partial charge in [0.2, 0.25) is 0 Å². The Kier molecular flexibility index (Phi) is 3.71. The van der Waals surface area contributed by atoms with E-state index >= 15 is 0 Å². The summed E-state index contributed by atoms with van der Waals surface area (Å²) in [5.41, 5.74) is 5.87. The van der Waals surface area contributed by atoms with Crippen LogP contribution in [0.25, 0.3) is 0 Å². The summed E-state index contributed by atoms with van der Waals surface area (Å²) in [6.07, 6.45) is 3.03. The number of hydrogen-bond acceptors (Lipinski definition) is 3. The van der Waals surface area contributed by atoms with E-state index in [4.69, 9.17) is 5.73 Å². The zero-order valence-electron chi connectivity index (χ0n) is 10.4. The fourth-order valence-electron chi connectivity index (χ4n) is 2.59. The summed E-state index contributed by atoms with van der Waals surface area (Å²) in [6, 6.07) is 1.84. The minimum Gasteiger partial charge on any atom is -0.395 e. The molecule has 1 aromatic carbocycles. The van der Waals surface area contributed by atoms with Crippen molar-refractivity contribution >= 4 is 11.4 Å². The molecule has 1 aromatic rings. The van der Waals surface area contributed by atoms with E-state index in [-0.39, 0.29) is 11.7 Å². The second kappa shape index (κ2) is 5.10. The fourth-order valence-corrected chi connectivity index (χ4v) is 2.59. The molecule has 3 nitrogen and oxygen atoms in total. The summed E-state index contributed by atoms with van der Waals surface area (Å²) in [6.45, 7) is 0. The number of halogens is 2. The number of rotatable bonds is 2. The van der Waals surface area contributed by atoms with Crippen LogP contribution in [0.4, 0.5) is 20.2 Å². The number of nitrogens with zero attached hydrogens (tertiary/aromatic N) is 1. The van der Waals surface area contributed by atoms with Crippen molar-refractivity contribution in [2.75, 3.05) is 17.7 Å². The van der Waals surface area contributed by atoms with Gasteiger partial charge >= 0.3 is 0 Å². The second-order valence-electron chi connectivity index (χ2n) is 4.85. The first-order chi connectivity index (χ1) is 8.50. The standard InChI is InChI=1S/C13H18F2N2O/c1-17(10-4-2-3-5-12(10)18)11-7-8(14)6-9(15)13(11)16/h6-7,10,12,18H,2-5,16H2,1H3. The lowest BCUT2D eigenvalue weighted by Crippen LogP contribution is -2.43. The predicted molar refractivity (Wildman–Crippen MR) is 67.4 cm³/mol. The monoisotopic (exact) mass is 256 g/mol. The van der Waals surface area contributed by atoms with Gasteiger partial charge in [-0.2, -0.15) is 0 Å². The minimum atomic E-state index is -0.762. The molecular formula is C13H18F2N2O. The van der Waals surface area contributed by atoms with Gasteiger partial charge in [-0.1, -0.05) is 12.8 Å². The van der Waals surface area contributed by atoms with Crippen molar-refractivity contribution in [3.63, 3.8) is 0 Å². The van der Waals surface area contributed by atoms with Crippen molar-refractivity contribution in [3.05, 3.63) is 23.8 Å². The van der Waals surface area contributed by atoms with Crippen molar-refractivity contribution in [1.82, 2.24) is 0 Å². The number of aliphatic hydroxyl groups is 1. The lowest BCUT2D eigenvalue weighted by molar-refractivity contribution is 0.106. The molecule has 1 fully saturated rings. The van der Waals surface area contributed by atoms with Gasteiger partial charge in [0.1, 0.15) is 5.82 Å². The molecule has 0 aromatic heterocycles. The highest BCUT2D eigenvalue weighted by atomic mass is 19.1. The Hall–Kier alpha value is -1.36. The Bertz CT molecular complexity index is 439. The number of likely N-dealkylation sites (N-methyl/N-ethyl adjacent to an activating group) is 1. The maximum Gasteiger partial charge on any atom is 0.151 e. The van der Waals surface area contributed by atoms with Crippen molar-refractivity contribution in [3.8, 4) is 0 Å². The van der Waals surface area contributed by atoms with Crippen molar-refractivity contribution in [2.45, 2.75) is 37.8 Å². The summed E-state index contributed by atoms with van der Waals surface area (Å²) in [7, 11) is 1.71. The Labute approximate surface area is 105 Å². The molecule has 3 N–H and O–H groups in total. The van der Waals surface area contributed by atoms with Crippen LogP contribution in [0.3, 0.4) is 0 Å². The van der Waals surface area contributed by atoms with E-state index in [0.717, 1.165) is 25.3 Å². The lowest BCUT2D eigenvalue weighted by atomic mass is 9.91. The highest BCUT2D eigenvalue weighted by molar-refractivity contribution is 5.68. The third-order valence-corrected chi connectivity index (χ3v) is 3.64. The second-order valence-corrected chi connectivity index (χ2v) is 4.85. The number of anilines is 2. The normalized spacial score (nSPS) is 24.0. The van der Waals surface area contributed by atoms with E-state index in [1.54, 1.807) is 11.9 Å². The van der Waals surface area contributed by atoms with Gasteiger partial charge in [0.25, 0.3) is 0 Å². The highest BCUT2D eigenvalue weighted by Crippen LogP contribution is 2.32. The van der Waals surface area contributed by atoms with Gasteiger partial charge in [0, 0.05) is 13.1 Å². The van der Waals surface area contributed by atoms with Crippen LogP contribution in [0, 0.1) is 11.6 Å². The van der Waals surface area contributed by atoms with Crippen LogP contribution < -0.4 is 10.6 Å². The van der Waals surface area contributed by atoms with Crippen molar-refractivity contribution in [1.29, 1.82) is 0 Å². The van der Waals surface area contributed by atoms with E-state index in [0.29, 0.717) is 12.1 Å². The van der Waals surface area contributed by atoms with E-state index in [1.807, 2.05) is 0 Å². The number of hydrogen-bond donors (Lipinski definition) is 2. The average molecular weight is 256 g/mol. The molecule has 0 radical (unpaired) electrons. The molecule has 2 atom stereocenters. The Balaban J connectivity index is 2.30. The van der Waals surface area contributed by atoms with Crippen molar-refractivity contribution in [2.24, 2.45) is 0 Å². The zero-order chi connectivity index (χ0) is 13.3. The fraction of sp³-hybridized carbons (Fsp3) is 0.538. The lowest BCUT2D eigenvalue weighted by Gasteiger charge is -2.37. The summed E-state index contributed by atoms with van der Waals surface area (Å²) < 4.78 is 26.7.